The lowest BCUT2D eigenvalue weighted by molar-refractivity contribution is -0.117. The van der Waals surface area contributed by atoms with E-state index >= 15 is 0 Å². The van der Waals surface area contributed by atoms with Crippen molar-refractivity contribution in [3.05, 3.63) is 29.8 Å². The Bertz CT molecular complexity index is 528. The van der Waals surface area contributed by atoms with Crippen LogP contribution in [0.1, 0.15) is 12.5 Å². The van der Waals surface area contributed by atoms with Gasteiger partial charge in [-0.15, -0.1) is 0 Å². The summed E-state index contributed by atoms with van der Waals surface area (Å²) in [6, 6.07) is 4.98. The number of nitrogens with one attached hydrogen (secondary N) is 1. The maximum absolute atomic E-state index is 11.7. The normalized spacial score (nSPS) is 12.3. The molecule has 0 saturated heterocycles. The maximum atomic E-state index is 11.7. The molecular weight excluding hydrogens is 298 g/mol. The molecule has 0 aliphatic carbocycles. The van der Waals surface area contributed by atoms with Crippen LogP contribution in [0.5, 0.6) is 0 Å². The highest BCUT2D eigenvalue weighted by atomic mass is 16.3. The molecule has 1 aromatic rings. The fourth-order valence-electron chi connectivity index (χ4n) is 2.02. The second-order valence-electron chi connectivity index (χ2n) is 5.17. The van der Waals surface area contributed by atoms with E-state index in [9.17, 15) is 4.79 Å². The van der Waals surface area contributed by atoms with E-state index in [1.807, 2.05) is 4.90 Å². The molecule has 1 aromatic carbocycles. The fraction of sp³-hybridized carbons (Fsp3) is 0.438. The zero-order valence-corrected chi connectivity index (χ0v) is 13.3. The summed E-state index contributed by atoms with van der Waals surface area (Å²) in [5, 5.41) is 29.7. The molecule has 0 saturated carbocycles. The summed E-state index contributed by atoms with van der Waals surface area (Å²) in [5.41, 5.74) is 7.89. The van der Waals surface area contributed by atoms with Crippen molar-refractivity contribution in [3.63, 3.8) is 0 Å². The van der Waals surface area contributed by atoms with Gasteiger partial charge in [0.2, 0.25) is 5.91 Å². The third-order valence-corrected chi connectivity index (χ3v) is 3.25. The molecule has 128 valence electrons. The fourth-order valence-corrected chi connectivity index (χ4v) is 2.02. The molecular formula is C16H25N3O4. The smallest absolute Gasteiger partial charge is 0.244 e. The topological polar surface area (TPSA) is 119 Å². The summed E-state index contributed by atoms with van der Waals surface area (Å²) >= 11 is 0. The van der Waals surface area contributed by atoms with Crippen LogP contribution in [0.3, 0.4) is 0 Å². The van der Waals surface area contributed by atoms with E-state index < -0.39 is 0 Å². The maximum Gasteiger partial charge on any atom is 0.244 e. The van der Waals surface area contributed by atoms with Crippen LogP contribution in [0.15, 0.2) is 24.3 Å². The molecule has 6 N–H and O–H groups in total. The Morgan fingerprint density at radius 1 is 1.30 bits per heavy atom. The van der Waals surface area contributed by atoms with Crippen molar-refractivity contribution in [2.75, 3.05) is 43.5 Å². The lowest BCUT2D eigenvalue weighted by Crippen LogP contribution is -2.33. The van der Waals surface area contributed by atoms with E-state index in [4.69, 9.17) is 21.1 Å². The summed E-state index contributed by atoms with van der Waals surface area (Å²) in [5.74, 6) is -0.320. The Morgan fingerprint density at radius 2 is 1.96 bits per heavy atom. The van der Waals surface area contributed by atoms with Crippen LogP contribution in [0, 0.1) is 0 Å². The predicted octanol–water partition coefficient (Wildman–Crippen LogP) is -0.430. The van der Waals surface area contributed by atoms with Gasteiger partial charge in [-0.2, -0.15) is 0 Å². The van der Waals surface area contributed by atoms with Crippen molar-refractivity contribution >= 4 is 23.4 Å². The zero-order chi connectivity index (χ0) is 17.2. The first-order valence-electron chi connectivity index (χ1n) is 7.47. The molecule has 7 nitrogen and oxygen atoms in total. The minimum absolute atomic E-state index is 0.0308. The van der Waals surface area contributed by atoms with Gasteiger partial charge >= 0.3 is 0 Å². The summed E-state index contributed by atoms with van der Waals surface area (Å²) in [6.07, 6.45) is 2.94. The monoisotopic (exact) mass is 323 g/mol. The predicted molar refractivity (Wildman–Crippen MR) is 91.0 cm³/mol. The molecule has 0 heterocycles. The highest BCUT2D eigenvalue weighted by Crippen LogP contribution is 2.22. The molecule has 23 heavy (non-hydrogen) atoms. The van der Waals surface area contributed by atoms with Gasteiger partial charge in [0.25, 0.3) is 0 Å². The Morgan fingerprint density at radius 3 is 2.52 bits per heavy atom. The number of nitrogens with two attached hydrogens (primary N) is 1. The number of benzene rings is 1. The minimum Gasteiger partial charge on any atom is -0.398 e. The Labute approximate surface area is 136 Å². The second kappa shape index (κ2) is 9.83. The van der Waals surface area contributed by atoms with Crippen molar-refractivity contribution in [2.45, 2.75) is 13.0 Å². The zero-order valence-electron chi connectivity index (χ0n) is 13.3. The molecule has 0 aromatic heterocycles. The van der Waals surface area contributed by atoms with Crippen molar-refractivity contribution in [1.82, 2.24) is 5.32 Å². The van der Waals surface area contributed by atoms with Crippen LogP contribution in [-0.2, 0) is 4.79 Å². The van der Waals surface area contributed by atoms with Gasteiger partial charge in [-0.05, 0) is 36.8 Å². The average Bonchev–Trinajstić information content (AvgIpc) is 2.53. The van der Waals surface area contributed by atoms with E-state index in [-0.39, 0.29) is 31.8 Å². The van der Waals surface area contributed by atoms with Crippen LogP contribution in [0.2, 0.25) is 0 Å². The van der Waals surface area contributed by atoms with Gasteiger partial charge in [-0.25, -0.2) is 0 Å². The standard InChI is InChI=1S/C16H25N3O4/c1-12(11-22)18-16(23)5-2-13-10-14(3-4-15(13)17)19(6-8-20)7-9-21/h2-5,10,12,20-22H,6-9,11,17H2,1H3,(H,18,23). The Balaban J connectivity index is 2.90. The quantitative estimate of drug-likeness (QED) is 0.311. The molecule has 0 fully saturated rings. The van der Waals surface area contributed by atoms with Crippen LogP contribution < -0.4 is 16.0 Å². The van der Waals surface area contributed by atoms with Gasteiger partial charge in [-0.1, -0.05) is 0 Å². The van der Waals surface area contributed by atoms with Crippen molar-refractivity contribution < 1.29 is 20.1 Å². The van der Waals surface area contributed by atoms with E-state index in [1.165, 1.54) is 6.08 Å². The van der Waals surface area contributed by atoms with Gasteiger partial charge in [0.15, 0.2) is 0 Å². The number of amides is 1. The number of nitrogen functional groups attached to an aromatic ring is 1. The van der Waals surface area contributed by atoms with Gasteiger partial charge in [0.05, 0.1) is 19.8 Å². The third kappa shape index (κ3) is 6.27. The number of hydrogen-bond donors (Lipinski definition) is 5. The van der Waals surface area contributed by atoms with E-state index in [0.29, 0.717) is 24.3 Å². The number of carbonyl (C=O) groups excluding carboxylic acids is 1. The van der Waals surface area contributed by atoms with E-state index in [2.05, 4.69) is 5.32 Å². The summed E-state index contributed by atoms with van der Waals surface area (Å²) in [6.45, 7) is 2.29. The molecule has 0 bridgehead atoms. The average molecular weight is 323 g/mol. The molecule has 0 aliphatic rings. The lowest BCUT2D eigenvalue weighted by atomic mass is 10.1. The molecule has 1 amide bonds. The van der Waals surface area contributed by atoms with Gasteiger partial charge in [0.1, 0.15) is 0 Å². The summed E-state index contributed by atoms with van der Waals surface area (Å²) in [7, 11) is 0. The number of hydrogen-bond acceptors (Lipinski definition) is 6. The summed E-state index contributed by atoms with van der Waals surface area (Å²) in [4.78, 5) is 13.5. The number of rotatable bonds is 9. The SMILES string of the molecule is CC(CO)NC(=O)C=Cc1cc(N(CCO)CCO)ccc1N. The van der Waals surface area contributed by atoms with Crippen molar-refractivity contribution in [1.29, 1.82) is 0 Å². The molecule has 0 aliphatic heterocycles. The molecule has 1 atom stereocenters. The highest BCUT2D eigenvalue weighted by Gasteiger charge is 2.08. The number of anilines is 2. The van der Waals surface area contributed by atoms with Crippen LogP contribution in [-0.4, -0.2) is 60.2 Å². The largest absolute Gasteiger partial charge is 0.398 e. The first-order valence-corrected chi connectivity index (χ1v) is 7.47. The Hall–Kier alpha value is -2.09. The van der Waals surface area contributed by atoms with Gasteiger partial charge in [0, 0.05) is 36.6 Å². The number of carbonyl (C=O) groups is 1. The second-order valence-corrected chi connectivity index (χ2v) is 5.17. The molecule has 1 unspecified atom stereocenters. The summed E-state index contributed by atoms with van der Waals surface area (Å²) < 4.78 is 0. The van der Waals surface area contributed by atoms with Crippen LogP contribution in [0.4, 0.5) is 11.4 Å². The number of aliphatic hydroxyl groups is 3. The minimum atomic E-state index is -0.320. The van der Waals surface area contributed by atoms with E-state index in [1.54, 1.807) is 31.2 Å². The molecule has 1 rings (SSSR count). The van der Waals surface area contributed by atoms with Gasteiger partial charge in [-0.3, -0.25) is 4.79 Å². The first kappa shape index (κ1) is 19.0. The highest BCUT2D eigenvalue weighted by molar-refractivity contribution is 5.93. The number of aliphatic hydroxyl groups excluding tert-OH is 3. The Kier molecular flexibility index (Phi) is 8.10. The van der Waals surface area contributed by atoms with E-state index in [0.717, 1.165) is 5.69 Å². The molecule has 7 heteroatoms. The van der Waals surface area contributed by atoms with Crippen molar-refractivity contribution in [3.8, 4) is 0 Å². The number of nitrogens with zero attached hydrogens (tertiary/aromatic N) is 1. The van der Waals surface area contributed by atoms with Crippen molar-refractivity contribution in [2.24, 2.45) is 0 Å². The third-order valence-electron chi connectivity index (χ3n) is 3.25. The lowest BCUT2D eigenvalue weighted by Gasteiger charge is -2.23. The molecule has 0 radical (unpaired) electrons. The van der Waals surface area contributed by atoms with Crippen LogP contribution in [0.25, 0.3) is 6.08 Å². The van der Waals surface area contributed by atoms with Gasteiger partial charge < -0.3 is 31.3 Å². The molecule has 0 spiro atoms. The first-order chi connectivity index (χ1) is 11.0. The van der Waals surface area contributed by atoms with Crippen LogP contribution >= 0.6 is 0 Å².